The number of rotatable bonds is 10. The Bertz CT molecular complexity index is 1230. The summed E-state index contributed by atoms with van der Waals surface area (Å²) in [4.78, 5) is 43.8. The van der Waals surface area contributed by atoms with Gasteiger partial charge in [0.2, 0.25) is 0 Å². The Morgan fingerprint density at radius 1 is 0.861 bits per heavy atom. The number of hydrogen-bond acceptors (Lipinski definition) is 7. The lowest BCUT2D eigenvalue weighted by Crippen LogP contribution is -2.47. The predicted octanol–water partition coefficient (Wildman–Crippen LogP) is 2.73. The van der Waals surface area contributed by atoms with Crippen molar-refractivity contribution in [2.75, 3.05) is 7.11 Å². The summed E-state index contributed by atoms with van der Waals surface area (Å²) in [6.45, 7) is 3.65. The van der Waals surface area contributed by atoms with Gasteiger partial charge in [0.15, 0.2) is 5.72 Å². The Morgan fingerprint density at radius 3 is 2.06 bits per heavy atom. The van der Waals surface area contributed by atoms with Crippen LogP contribution in [0.3, 0.4) is 0 Å². The zero-order valence-corrected chi connectivity index (χ0v) is 20.1. The molecule has 4 N–H and O–H groups in total. The normalized spacial score (nSPS) is 10.8. The third-order valence-corrected chi connectivity index (χ3v) is 4.88. The van der Waals surface area contributed by atoms with E-state index in [0.29, 0.717) is 11.5 Å². The summed E-state index contributed by atoms with van der Waals surface area (Å²) in [6, 6.07) is 15.4. The molecule has 2 aromatic carbocycles. The van der Waals surface area contributed by atoms with E-state index in [2.05, 4.69) is 25.9 Å². The van der Waals surface area contributed by atoms with Crippen molar-refractivity contribution in [3.05, 3.63) is 83.4 Å². The van der Waals surface area contributed by atoms with Crippen molar-refractivity contribution >= 4 is 17.9 Å². The minimum Gasteiger partial charge on any atom is -0.497 e. The van der Waals surface area contributed by atoms with Crippen molar-refractivity contribution in [1.82, 2.24) is 25.9 Å². The average molecular weight is 494 g/mol. The molecule has 11 heteroatoms. The lowest BCUT2D eigenvalue weighted by Gasteiger charge is -2.26. The average Bonchev–Trinajstić information content (AvgIpc) is 2.85. The van der Waals surface area contributed by atoms with Gasteiger partial charge in [0.1, 0.15) is 29.2 Å². The maximum Gasteiger partial charge on any atom is 0.407 e. The Balaban J connectivity index is 1.54. The molecule has 1 heterocycles. The third kappa shape index (κ3) is 7.69. The van der Waals surface area contributed by atoms with E-state index in [9.17, 15) is 14.4 Å². The first-order chi connectivity index (χ1) is 17.1. The summed E-state index contributed by atoms with van der Waals surface area (Å²) in [7, 11) is 1.57. The van der Waals surface area contributed by atoms with Crippen LogP contribution in [-0.2, 0) is 13.1 Å². The first-order valence-electron chi connectivity index (χ1n) is 11.0. The van der Waals surface area contributed by atoms with Crippen LogP contribution in [0.4, 0.5) is 4.79 Å². The lowest BCUT2D eigenvalue weighted by atomic mass is 10.2. The highest BCUT2D eigenvalue weighted by Gasteiger charge is 2.21. The van der Waals surface area contributed by atoms with Crippen LogP contribution in [0.1, 0.15) is 46.0 Å². The summed E-state index contributed by atoms with van der Waals surface area (Å²) in [6.07, 6.45) is -0.0319. The van der Waals surface area contributed by atoms with Gasteiger partial charge in [-0.1, -0.05) is 24.3 Å². The predicted molar refractivity (Wildman–Crippen MR) is 130 cm³/mol. The zero-order valence-electron chi connectivity index (χ0n) is 20.1. The van der Waals surface area contributed by atoms with Gasteiger partial charge in [0.05, 0.1) is 7.11 Å². The molecule has 3 amide bonds. The molecule has 11 nitrogen and oxygen atoms in total. The molecule has 0 saturated carbocycles. The van der Waals surface area contributed by atoms with E-state index in [1.165, 1.54) is 6.07 Å². The van der Waals surface area contributed by atoms with Crippen molar-refractivity contribution in [3.8, 4) is 11.5 Å². The number of nitrogens with one attached hydrogen (secondary N) is 3. The van der Waals surface area contributed by atoms with Gasteiger partial charge in [0, 0.05) is 19.2 Å². The first kappa shape index (κ1) is 25.9. The maximum absolute atomic E-state index is 12.6. The van der Waals surface area contributed by atoms with Crippen molar-refractivity contribution < 1.29 is 29.0 Å². The van der Waals surface area contributed by atoms with E-state index in [0.717, 1.165) is 17.5 Å². The van der Waals surface area contributed by atoms with Gasteiger partial charge in [-0.15, -0.1) is 0 Å². The monoisotopic (exact) mass is 493 g/mol. The summed E-state index contributed by atoms with van der Waals surface area (Å²) in [5.74, 6) is 0.240. The van der Waals surface area contributed by atoms with Crippen LogP contribution in [0.15, 0.2) is 60.9 Å². The molecule has 0 unspecified atom stereocenters. The van der Waals surface area contributed by atoms with Gasteiger partial charge in [0.25, 0.3) is 11.8 Å². The molecule has 0 radical (unpaired) electrons. The highest BCUT2D eigenvalue weighted by atomic mass is 16.5. The van der Waals surface area contributed by atoms with Crippen LogP contribution in [-0.4, -0.2) is 45.8 Å². The Hall–Kier alpha value is -4.67. The number of ether oxygens (including phenoxy) is 2. The van der Waals surface area contributed by atoms with Gasteiger partial charge in [-0.05, 0) is 49.2 Å². The van der Waals surface area contributed by atoms with Crippen LogP contribution in [0.25, 0.3) is 0 Å². The second-order valence-electron chi connectivity index (χ2n) is 8.19. The van der Waals surface area contributed by atoms with Crippen LogP contribution in [0, 0.1) is 0 Å². The number of benzene rings is 2. The molecule has 3 rings (SSSR count). The fraction of sp³-hybridized carbons (Fsp3) is 0.240. The van der Waals surface area contributed by atoms with E-state index >= 15 is 0 Å². The second-order valence-corrected chi connectivity index (χ2v) is 8.19. The van der Waals surface area contributed by atoms with Crippen LogP contribution >= 0.6 is 0 Å². The highest BCUT2D eigenvalue weighted by molar-refractivity contribution is 5.97. The van der Waals surface area contributed by atoms with Crippen molar-refractivity contribution in [2.24, 2.45) is 0 Å². The largest absolute Gasteiger partial charge is 0.497 e. The number of hydrogen-bond donors (Lipinski definition) is 4. The molecule has 188 valence electrons. The molecule has 0 saturated heterocycles. The molecule has 0 fully saturated rings. The fourth-order valence-corrected chi connectivity index (χ4v) is 3.19. The van der Waals surface area contributed by atoms with Crippen LogP contribution < -0.4 is 25.4 Å². The van der Waals surface area contributed by atoms with E-state index in [-0.39, 0.29) is 24.5 Å². The fourth-order valence-electron chi connectivity index (χ4n) is 3.19. The second kappa shape index (κ2) is 11.6. The van der Waals surface area contributed by atoms with E-state index in [1.807, 2.05) is 24.3 Å². The first-order valence-corrected chi connectivity index (χ1v) is 11.0. The Morgan fingerprint density at radius 2 is 1.47 bits per heavy atom. The number of aromatic nitrogens is 2. The molecule has 0 atom stereocenters. The zero-order chi connectivity index (χ0) is 26.1. The third-order valence-electron chi connectivity index (χ3n) is 4.88. The molecule has 0 spiro atoms. The molecule has 0 aliphatic rings. The maximum atomic E-state index is 12.6. The van der Waals surface area contributed by atoms with Crippen LogP contribution in [0.2, 0.25) is 0 Å². The molecule has 0 aliphatic carbocycles. The number of nitrogens with zero attached hydrogens (tertiary/aromatic N) is 2. The minimum atomic E-state index is -1.19. The minimum absolute atomic E-state index is 0.0537. The summed E-state index contributed by atoms with van der Waals surface area (Å²) in [5.41, 5.74) is 0.653. The topological polar surface area (TPSA) is 152 Å². The lowest BCUT2D eigenvalue weighted by molar-refractivity contribution is 0.0693. The molecule has 36 heavy (non-hydrogen) atoms. The molecule has 1 aromatic heterocycles. The van der Waals surface area contributed by atoms with E-state index in [1.54, 1.807) is 45.2 Å². The molecule has 3 aromatic rings. The Labute approximate surface area is 207 Å². The van der Waals surface area contributed by atoms with Gasteiger partial charge in [-0.3, -0.25) is 14.9 Å². The highest BCUT2D eigenvalue weighted by Crippen LogP contribution is 2.18. The number of carbonyl (C=O) groups excluding carboxylic acids is 2. The van der Waals surface area contributed by atoms with Crippen molar-refractivity contribution in [3.63, 3.8) is 0 Å². The van der Waals surface area contributed by atoms with Crippen molar-refractivity contribution in [2.45, 2.75) is 32.7 Å². The molecule has 0 aliphatic heterocycles. The summed E-state index contributed by atoms with van der Waals surface area (Å²) >= 11 is 0. The molecular weight excluding hydrogens is 466 g/mol. The van der Waals surface area contributed by atoms with Crippen molar-refractivity contribution in [1.29, 1.82) is 0 Å². The number of amides is 3. The summed E-state index contributed by atoms with van der Waals surface area (Å²) in [5, 5.41) is 16.6. The standard InChI is InChI=1S/C25H27N5O6/c1-25(2,30-24(33)34)36-18-9-7-16(8-10-18)13-26-22(31)20-12-21(29-15-28-20)23(32)27-14-17-5-4-6-19(11-17)35-3/h4-12,15,30H,13-14H2,1-3H3,(H,26,31)(H,27,32)(H,33,34). The number of carboxylic acid groups (broad SMARTS) is 1. The number of carbonyl (C=O) groups is 3. The van der Waals surface area contributed by atoms with Gasteiger partial charge in [-0.2, -0.15) is 0 Å². The van der Waals surface area contributed by atoms with Gasteiger partial charge in [-0.25, -0.2) is 14.8 Å². The SMILES string of the molecule is COc1cccc(CNC(=O)c2cc(C(=O)NCc3ccc(OC(C)(C)NC(=O)O)cc3)ncn2)c1. The molecular formula is C25H27N5O6. The molecule has 0 bridgehead atoms. The summed E-state index contributed by atoms with van der Waals surface area (Å²) < 4.78 is 10.8. The van der Waals surface area contributed by atoms with E-state index in [4.69, 9.17) is 14.6 Å². The quantitative estimate of drug-likeness (QED) is 0.315. The van der Waals surface area contributed by atoms with Crippen LogP contribution in [0.5, 0.6) is 11.5 Å². The van der Waals surface area contributed by atoms with Gasteiger partial charge >= 0.3 is 6.09 Å². The number of methoxy groups -OCH3 is 1. The Kier molecular flexibility index (Phi) is 8.39. The van der Waals surface area contributed by atoms with Gasteiger partial charge < -0.3 is 25.2 Å². The smallest absolute Gasteiger partial charge is 0.407 e. The van der Waals surface area contributed by atoms with E-state index < -0.39 is 23.6 Å².